The van der Waals surface area contributed by atoms with Gasteiger partial charge in [-0.25, -0.2) is 0 Å². The molecule has 0 aliphatic carbocycles. The second-order valence-electron chi connectivity index (χ2n) is 2.79. The SMILES string of the molecule is Cc1cc(O)cc2c1SCCO2. The maximum absolute atomic E-state index is 9.28. The van der Waals surface area contributed by atoms with E-state index in [0.717, 1.165) is 23.7 Å². The van der Waals surface area contributed by atoms with Crippen LogP contribution >= 0.6 is 11.8 Å². The Kier molecular flexibility index (Phi) is 1.89. The Hall–Kier alpha value is -0.830. The Morgan fingerprint density at radius 2 is 2.33 bits per heavy atom. The first kappa shape index (κ1) is 7.80. The van der Waals surface area contributed by atoms with Crippen LogP contribution in [0.5, 0.6) is 11.5 Å². The fourth-order valence-electron chi connectivity index (χ4n) is 1.31. The number of benzene rings is 1. The zero-order valence-electron chi connectivity index (χ0n) is 6.83. The molecule has 0 bridgehead atoms. The van der Waals surface area contributed by atoms with Gasteiger partial charge in [-0.3, -0.25) is 0 Å². The molecule has 1 aliphatic heterocycles. The highest BCUT2D eigenvalue weighted by Gasteiger charge is 2.13. The average Bonchev–Trinajstić information content (AvgIpc) is 2.04. The summed E-state index contributed by atoms with van der Waals surface area (Å²) < 4.78 is 5.40. The van der Waals surface area contributed by atoms with Gasteiger partial charge in [0.25, 0.3) is 0 Å². The Morgan fingerprint density at radius 1 is 1.50 bits per heavy atom. The number of aryl methyl sites for hydroxylation is 1. The summed E-state index contributed by atoms with van der Waals surface area (Å²) in [6.45, 7) is 2.72. The number of hydrogen-bond acceptors (Lipinski definition) is 3. The molecule has 0 saturated heterocycles. The zero-order chi connectivity index (χ0) is 8.55. The monoisotopic (exact) mass is 182 g/mol. The molecule has 0 aromatic heterocycles. The van der Waals surface area contributed by atoms with Gasteiger partial charge >= 0.3 is 0 Å². The first-order chi connectivity index (χ1) is 5.77. The van der Waals surface area contributed by atoms with Gasteiger partial charge in [0.15, 0.2) is 0 Å². The number of phenols is 1. The first-order valence-corrected chi connectivity index (χ1v) is 4.85. The van der Waals surface area contributed by atoms with Crippen LogP contribution in [0.3, 0.4) is 0 Å². The lowest BCUT2D eigenvalue weighted by atomic mass is 10.2. The number of ether oxygens (including phenoxy) is 1. The van der Waals surface area contributed by atoms with Gasteiger partial charge in [0.1, 0.15) is 11.5 Å². The van der Waals surface area contributed by atoms with Crippen LogP contribution in [0.2, 0.25) is 0 Å². The van der Waals surface area contributed by atoms with Crippen LogP contribution in [0.4, 0.5) is 0 Å². The molecule has 1 aliphatic rings. The third-order valence-corrected chi connectivity index (χ3v) is 3.00. The Labute approximate surface area is 75.6 Å². The molecule has 0 radical (unpaired) electrons. The summed E-state index contributed by atoms with van der Waals surface area (Å²) in [5, 5.41) is 9.28. The number of thioether (sulfide) groups is 1. The van der Waals surface area contributed by atoms with Gasteiger partial charge in [-0.2, -0.15) is 0 Å². The number of phenolic OH excluding ortho intramolecular Hbond substituents is 1. The van der Waals surface area contributed by atoms with E-state index in [0.29, 0.717) is 0 Å². The van der Waals surface area contributed by atoms with Gasteiger partial charge in [-0.05, 0) is 18.6 Å². The summed E-state index contributed by atoms with van der Waals surface area (Å²) in [7, 11) is 0. The molecule has 0 atom stereocenters. The predicted molar refractivity (Wildman–Crippen MR) is 49.1 cm³/mol. The normalized spacial score (nSPS) is 15.1. The molecule has 0 saturated carbocycles. The highest BCUT2D eigenvalue weighted by Crippen LogP contribution is 2.38. The summed E-state index contributed by atoms with van der Waals surface area (Å²) in [6, 6.07) is 3.44. The molecule has 1 N–H and O–H groups in total. The zero-order valence-corrected chi connectivity index (χ0v) is 7.65. The van der Waals surface area contributed by atoms with Gasteiger partial charge in [0.2, 0.25) is 0 Å². The Bertz CT molecular complexity index is 310. The van der Waals surface area contributed by atoms with E-state index in [2.05, 4.69) is 0 Å². The van der Waals surface area contributed by atoms with Crippen LogP contribution in [0.25, 0.3) is 0 Å². The molecule has 2 rings (SSSR count). The molecule has 2 nitrogen and oxygen atoms in total. The fraction of sp³-hybridized carbons (Fsp3) is 0.333. The van der Waals surface area contributed by atoms with Crippen molar-refractivity contribution in [3.63, 3.8) is 0 Å². The average molecular weight is 182 g/mol. The molecular weight excluding hydrogens is 172 g/mol. The van der Waals surface area contributed by atoms with E-state index >= 15 is 0 Å². The second-order valence-corrected chi connectivity index (χ2v) is 3.89. The largest absolute Gasteiger partial charge is 0.508 e. The minimum absolute atomic E-state index is 0.286. The van der Waals surface area contributed by atoms with Crippen LogP contribution in [-0.4, -0.2) is 17.5 Å². The van der Waals surface area contributed by atoms with E-state index < -0.39 is 0 Å². The predicted octanol–water partition coefficient (Wildman–Crippen LogP) is 2.19. The molecule has 0 amide bonds. The van der Waals surface area contributed by atoms with Crippen molar-refractivity contribution >= 4 is 11.8 Å². The third-order valence-electron chi connectivity index (χ3n) is 1.81. The van der Waals surface area contributed by atoms with Crippen molar-refractivity contribution in [2.75, 3.05) is 12.4 Å². The lowest BCUT2D eigenvalue weighted by Crippen LogP contribution is -2.07. The maximum atomic E-state index is 9.28. The van der Waals surface area contributed by atoms with Gasteiger partial charge in [-0.15, -0.1) is 11.8 Å². The molecular formula is C9H10O2S. The highest BCUT2D eigenvalue weighted by atomic mass is 32.2. The molecule has 12 heavy (non-hydrogen) atoms. The lowest BCUT2D eigenvalue weighted by Gasteiger charge is -2.18. The molecule has 64 valence electrons. The molecule has 0 unspecified atom stereocenters. The molecule has 0 fully saturated rings. The van der Waals surface area contributed by atoms with Crippen molar-refractivity contribution in [2.45, 2.75) is 11.8 Å². The van der Waals surface area contributed by atoms with E-state index in [4.69, 9.17) is 4.74 Å². The summed E-state index contributed by atoms with van der Waals surface area (Å²) in [4.78, 5) is 1.17. The molecule has 1 aromatic rings. The van der Waals surface area contributed by atoms with E-state index in [1.807, 2.05) is 6.92 Å². The summed E-state index contributed by atoms with van der Waals surface area (Å²) in [6.07, 6.45) is 0. The smallest absolute Gasteiger partial charge is 0.136 e. The maximum Gasteiger partial charge on any atom is 0.136 e. The van der Waals surface area contributed by atoms with E-state index in [-0.39, 0.29) is 5.75 Å². The van der Waals surface area contributed by atoms with Crippen LogP contribution < -0.4 is 4.74 Å². The van der Waals surface area contributed by atoms with Crippen molar-refractivity contribution < 1.29 is 9.84 Å². The lowest BCUT2D eigenvalue weighted by molar-refractivity contribution is 0.326. The van der Waals surface area contributed by atoms with Crippen LogP contribution in [-0.2, 0) is 0 Å². The van der Waals surface area contributed by atoms with Gasteiger partial charge in [0, 0.05) is 11.8 Å². The second kappa shape index (κ2) is 2.90. The molecule has 1 heterocycles. The third kappa shape index (κ3) is 1.25. The topological polar surface area (TPSA) is 29.5 Å². The van der Waals surface area contributed by atoms with Gasteiger partial charge in [-0.1, -0.05) is 0 Å². The summed E-state index contributed by atoms with van der Waals surface area (Å²) in [5.74, 6) is 2.11. The van der Waals surface area contributed by atoms with Gasteiger partial charge in [0.05, 0.1) is 11.5 Å². The number of rotatable bonds is 0. The van der Waals surface area contributed by atoms with Crippen LogP contribution in [0.15, 0.2) is 17.0 Å². The van der Waals surface area contributed by atoms with Crippen LogP contribution in [0, 0.1) is 6.92 Å². The fourth-order valence-corrected chi connectivity index (χ4v) is 2.23. The standard InChI is InChI=1S/C9H10O2S/c1-6-4-7(10)5-8-9(6)12-3-2-11-8/h4-5,10H,2-3H2,1H3. The van der Waals surface area contributed by atoms with Crippen molar-refractivity contribution in [1.82, 2.24) is 0 Å². The summed E-state index contributed by atoms with van der Waals surface area (Å²) in [5.41, 5.74) is 1.09. The molecule has 1 aromatic carbocycles. The molecule has 0 spiro atoms. The van der Waals surface area contributed by atoms with Gasteiger partial charge < -0.3 is 9.84 Å². The van der Waals surface area contributed by atoms with E-state index in [9.17, 15) is 5.11 Å². The Balaban J connectivity index is 2.53. The Morgan fingerprint density at radius 3 is 3.17 bits per heavy atom. The summed E-state index contributed by atoms with van der Waals surface area (Å²) >= 11 is 1.79. The van der Waals surface area contributed by atoms with E-state index in [1.54, 1.807) is 23.9 Å². The van der Waals surface area contributed by atoms with Crippen molar-refractivity contribution in [3.05, 3.63) is 17.7 Å². The van der Waals surface area contributed by atoms with Crippen molar-refractivity contribution in [2.24, 2.45) is 0 Å². The van der Waals surface area contributed by atoms with Crippen molar-refractivity contribution in [3.8, 4) is 11.5 Å². The highest BCUT2D eigenvalue weighted by molar-refractivity contribution is 7.99. The first-order valence-electron chi connectivity index (χ1n) is 3.86. The van der Waals surface area contributed by atoms with Crippen molar-refractivity contribution in [1.29, 1.82) is 0 Å². The minimum Gasteiger partial charge on any atom is -0.508 e. The number of aromatic hydroxyl groups is 1. The number of fused-ring (bicyclic) bond motifs is 1. The van der Waals surface area contributed by atoms with Crippen LogP contribution in [0.1, 0.15) is 5.56 Å². The van der Waals surface area contributed by atoms with E-state index in [1.165, 1.54) is 4.90 Å². The quantitative estimate of drug-likeness (QED) is 0.667. The number of hydrogen-bond donors (Lipinski definition) is 1. The molecule has 3 heteroatoms. The minimum atomic E-state index is 0.286.